The smallest absolute Gasteiger partial charge is 0.462 e. The molecule has 13 nitrogen and oxygen atoms in total. The fraction of sp³-hybridized carbons (Fsp3) is 0.864. The predicted octanol–water partition coefficient (Wildman–Crippen LogP) is 8.45. The highest BCUT2D eigenvalue weighted by Gasteiger charge is 2.51. The normalized spacial score (nSPS) is 22.7. The van der Waals surface area contributed by atoms with Gasteiger partial charge < -0.3 is 39.9 Å². The summed E-state index contributed by atoms with van der Waals surface area (Å²) in [4.78, 5) is 35.6. The maximum atomic E-state index is 12.8. The first kappa shape index (κ1) is 54.3. The Bertz CT molecular complexity index is 1120. The highest BCUT2D eigenvalue weighted by Crippen LogP contribution is 2.47. The lowest BCUT2D eigenvalue weighted by molar-refractivity contribution is -0.220. The monoisotopic (exact) mass is 849 g/mol. The third-order valence-electron chi connectivity index (χ3n) is 10.5. The van der Waals surface area contributed by atoms with Crippen LogP contribution in [0.4, 0.5) is 0 Å². The lowest BCUT2D eigenvalue weighted by Crippen LogP contribution is -2.64. The van der Waals surface area contributed by atoms with E-state index in [4.69, 9.17) is 18.5 Å². The summed E-state index contributed by atoms with van der Waals surface area (Å²) < 4.78 is 33.5. The number of hydrogen-bond acceptors (Lipinski definition) is 12. The minimum Gasteiger partial charge on any atom is -0.462 e. The number of carbonyl (C=O) groups excluding carboxylic acids is 2. The zero-order valence-corrected chi connectivity index (χ0v) is 36.7. The molecule has 340 valence electrons. The number of allylic oxidation sites excluding steroid dienone is 4. The summed E-state index contributed by atoms with van der Waals surface area (Å²) in [6.45, 7) is 3.26. The van der Waals surface area contributed by atoms with E-state index in [0.29, 0.717) is 12.8 Å². The second-order valence-electron chi connectivity index (χ2n) is 15.9. The van der Waals surface area contributed by atoms with Crippen LogP contribution in [0, 0.1) is 0 Å². The molecule has 0 radical (unpaired) electrons. The molecule has 0 aromatic heterocycles. The van der Waals surface area contributed by atoms with Crippen LogP contribution in [0.5, 0.6) is 0 Å². The van der Waals surface area contributed by atoms with Crippen LogP contribution >= 0.6 is 7.82 Å². The van der Waals surface area contributed by atoms with Crippen LogP contribution in [0.3, 0.4) is 0 Å². The van der Waals surface area contributed by atoms with Crippen molar-refractivity contribution in [3.63, 3.8) is 0 Å². The van der Waals surface area contributed by atoms with Gasteiger partial charge in [0.05, 0.1) is 6.61 Å². The highest BCUT2D eigenvalue weighted by atomic mass is 31.2. The molecule has 0 amide bonds. The fourth-order valence-electron chi connectivity index (χ4n) is 6.81. The van der Waals surface area contributed by atoms with E-state index >= 15 is 0 Å². The number of esters is 2. The van der Waals surface area contributed by atoms with E-state index < -0.39 is 75.7 Å². The lowest BCUT2D eigenvalue weighted by atomic mass is 9.85. The van der Waals surface area contributed by atoms with Crippen LogP contribution in [0.15, 0.2) is 24.3 Å². The standard InChI is InChI=1S/C44H81O13P/c1-3-5-7-9-11-13-15-17-19-21-22-24-26-28-30-32-37(45)54-34-36(35-55-58(52,53)57-44-42(50)40(48)39(47)41(49)43(44)51)56-38(46)33-31-29-27-25-23-20-18-16-14-12-10-8-6-4-2/h16,18,22,24,36,39-44,47-51H,3-15,17,19-21,23,25-35H2,1-2H3,(H,52,53)/b18-16+,24-22+/t36-,39?,40-,41?,42?,43?,44?/m0/s1. The van der Waals surface area contributed by atoms with E-state index in [0.717, 1.165) is 57.8 Å². The van der Waals surface area contributed by atoms with Crippen LogP contribution in [0.2, 0.25) is 0 Å². The van der Waals surface area contributed by atoms with Crippen molar-refractivity contribution in [2.45, 2.75) is 230 Å². The number of phosphoric ester groups is 1. The molecule has 6 unspecified atom stereocenters. The molecular formula is C44H81O13P. The molecule has 0 aromatic carbocycles. The van der Waals surface area contributed by atoms with E-state index in [9.17, 15) is 44.6 Å². The van der Waals surface area contributed by atoms with Gasteiger partial charge in [0.1, 0.15) is 43.2 Å². The van der Waals surface area contributed by atoms with E-state index in [1.165, 1.54) is 89.9 Å². The molecule has 1 saturated carbocycles. The summed E-state index contributed by atoms with van der Waals surface area (Å²) in [6, 6.07) is 0. The summed E-state index contributed by atoms with van der Waals surface area (Å²) in [5.74, 6) is -1.13. The van der Waals surface area contributed by atoms with Gasteiger partial charge in [-0.25, -0.2) is 4.57 Å². The van der Waals surface area contributed by atoms with Crippen molar-refractivity contribution in [1.29, 1.82) is 0 Å². The van der Waals surface area contributed by atoms with E-state index in [1.807, 2.05) is 0 Å². The summed E-state index contributed by atoms with van der Waals surface area (Å²) in [5.41, 5.74) is 0. The number of unbranched alkanes of at least 4 members (excludes halogenated alkanes) is 21. The fourth-order valence-corrected chi connectivity index (χ4v) is 7.78. The van der Waals surface area contributed by atoms with Crippen LogP contribution in [0.25, 0.3) is 0 Å². The van der Waals surface area contributed by atoms with Gasteiger partial charge in [-0.3, -0.25) is 18.6 Å². The molecule has 0 aromatic rings. The molecule has 1 aliphatic carbocycles. The van der Waals surface area contributed by atoms with Gasteiger partial charge in [0, 0.05) is 12.8 Å². The molecule has 8 atom stereocenters. The topological polar surface area (TPSA) is 210 Å². The number of aliphatic hydroxyl groups excluding tert-OH is 5. The molecule has 0 bridgehead atoms. The first-order chi connectivity index (χ1) is 27.9. The first-order valence-electron chi connectivity index (χ1n) is 22.6. The molecule has 0 saturated heterocycles. The molecule has 1 aliphatic rings. The molecule has 1 rings (SSSR count). The van der Waals surface area contributed by atoms with E-state index in [1.54, 1.807) is 0 Å². The second kappa shape index (κ2) is 35.0. The largest absolute Gasteiger partial charge is 0.472 e. The third-order valence-corrected chi connectivity index (χ3v) is 11.5. The number of hydrogen-bond donors (Lipinski definition) is 6. The van der Waals surface area contributed by atoms with Gasteiger partial charge in [0.15, 0.2) is 6.10 Å². The summed E-state index contributed by atoms with van der Waals surface area (Å²) >= 11 is 0. The Hall–Kier alpha value is -1.67. The van der Waals surface area contributed by atoms with Gasteiger partial charge in [0.2, 0.25) is 0 Å². The quantitative estimate of drug-likeness (QED) is 0.0150. The number of rotatable bonds is 37. The summed E-state index contributed by atoms with van der Waals surface area (Å²) in [5, 5.41) is 50.1. The number of carbonyl (C=O) groups is 2. The Labute approximate surface area is 349 Å². The van der Waals surface area contributed by atoms with Crippen molar-refractivity contribution in [2.24, 2.45) is 0 Å². The summed E-state index contributed by atoms with van der Waals surface area (Å²) in [7, 11) is -5.12. The summed E-state index contributed by atoms with van der Waals surface area (Å²) in [6.07, 6.45) is 23.8. The molecule has 58 heavy (non-hydrogen) atoms. The van der Waals surface area contributed by atoms with Crippen LogP contribution in [-0.4, -0.2) is 98.3 Å². The van der Waals surface area contributed by atoms with Gasteiger partial charge in [-0.15, -0.1) is 0 Å². The highest BCUT2D eigenvalue weighted by molar-refractivity contribution is 7.47. The first-order valence-corrected chi connectivity index (χ1v) is 24.1. The maximum Gasteiger partial charge on any atom is 0.472 e. The van der Waals surface area contributed by atoms with Crippen molar-refractivity contribution >= 4 is 19.8 Å². The van der Waals surface area contributed by atoms with Crippen molar-refractivity contribution in [1.82, 2.24) is 0 Å². The Balaban J connectivity index is 2.49. The van der Waals surface area contributed by atoms with E-state index in [2.05, 4.69) is 38.2 Å². The Morgan fingerprint density at radius 3 is 1.34 bits per heavy atom. The molecular weight excluding hydrogens is 767 g/mol. The Morgan fingerprint density at radius 2 is 0.879 bits per heavy atom. The number of aliphatic hydroxyl groups is 5. The van der Waals surface area contributed by atoms with Gasteiger partial charge in [-0.05, 0) is 64.2 Å². The zero-order valence-electron chi connectivity index (χ0n) is 35.8. The number of phosphoric acid groups is 1. The molecule has 0 aliphatic heterocycles. The van der Waals surface area contributed by atoms with Crippen molar-refractivity contribution in [3.05, 3.63) is 24.3 Å². The minimum atomic E-state index is -5.12. The maximum absolute atomic E-state index is 12.8. The van der Waals surface area contributed by atoms with Gasteiger partial charge >= 0.3 is 19.8 Å². The molecule has 0 spiro atoms. The van der Waals surface area contributed by atoms with Crippen LogP contribution in [0.1, 0.15) is 187 Å². The van der Waals surface area contributed by atoms with Crippen molar-refractivity contribution in [3.8, 4) is 0 Å². The van der Waals surface area contributed by atoms with Gasteiger partial charge in [-0.1, -0.05) is 134 Å². The average Bonchev–Trinajstić information content (AvgIpc) is 3.20. The van der Waals surface area contributed by atoms with E-state index in [-0.39, 0.29) is 12.8 Å². The predicted molar refractivity (Wildman–Crippen MR) is 226 cm³/mol. The minimum absolute atomic E-state index is 0.0842. The third kappa shape index (κ3) is 27.2. The van der Waals surface area contributed by atoms with Crippen LogP contribution in [-0.2, 0) is 32.7 Å². The average molecular weight is 849 g/mol. The van der Waals surface area contributed by atoms with Crippen molar-refractivity contribution in [2.75, 3.05) is 13.2 Å². The number of ether oxygens (including phenoxy) is 2. The molecule has 1 fully saturated rings. The molecule has 14 heteroatoms. The molecule has 6 N–H and O–H groups in total. The lowest BCUT2D eigenvalue weighted by Gasteiger charge is -2.41. The molecule has 0 heterocycles. The van der Waals surface area contributed by atoms with Gasteiger partial charge in [-0.2, -0.15) is 0 Å². The second-order valence-corrected chi connectivity index (χ2v) is 17.3. The zero-order chi connectivity index (χ0) is 42.9. The SMILES string of the molecule is CCCCCCC/C=C/CCCCCCCC(=O)O[C@@H](COC(=O)CCCC/C=C/CCCCCCCCCCC)COP(=O)(O)OC1C(O)C(O)C(O)[C@H](O)C1O. The van der Waals surface area contributed by atoms with Gasteiger partial charge in [0.25, 0.3) is 0 Å². The Kier molecular flexibility index (Phi) is 32.8. The van der Waals surface area contributed by atoms with Crippen LogP contribution < -0.4 is 0 Å². The van der Waals surface area contributed by atoms with Crippen molar-refractivity contribution < 1.29 is 63.1 Å². The Morgan fingerprint density at radius 1 is 0.517 bits per heavy atom.